The van der Waals surface area contributed by atoms with Crippen molar-refractivity contribution in [3.05, 3.63) is 36.4 Å². The number of rotatable bonds is 20. The maximum absolute atomic E-state index is 14.2. The van der Waals surface area contributed by atoms with Crippen LogP contribution in [0.15, 0.2) is 51.1 Å². The summed E-state index contributed by atoms with van der Waals surface area (Å²) in [5, 5.41) is 3.30. The predicted octanol–water partition coefficient (Wildman–Crippen LogP) is 1.21. The van der Waals surface area contributed by atoms with Crippen LogP contribution in [0.3, 0.4) is 0 Å². The van der Waals surface area contributed by atoms with E-state index in [0.29, 0.717) is 14.0 Å². The second kappa shape index (κ2) is 16.6. The van der Waals surface area contributed by atoms with Crippen molar-refractivity contribution in [3.8, 4) is 0 Å². The third-order valence-electron chi connectivity index (χ3n) is 8.21. The van der Waals surface area contributed by atoms with Crippen LogP contribution in [0.2, 0.25) is 0 Å². The average molecular weight is 897 g/mol. The maximum atomic E-state index is 14.2. The third kappa shape index (κ3) is 10.3. The quantitative estimate of drug-likeness (QED) is 0.0484. The van der Waals surface area contributed by atoms with Crippen molar-refractivity contribution < 1.29 is 81.9 Å². The van der Waals surface area contributed by atoms with E-state index in [2.05, 4.69) is 18.9 Å². The Bertz CT molecular complexity index is 2470. The van der Waals surface area contributed by atoms with Gasteiger partial charge >= 0.3 is 23.5 Å². The van der Waals surface area contributed by atoms with Gasteiger partial charge in [0.15, 0.2) is 0 Å². The highest BCUT2D eigenvalue weighted by atomic mass is 32.2. The summed E-state index contributed by atoms with van der Waals surface area (Å²) in [6, 6.07) is 7.60. The fraction of sp³-hybridized carbons (Fsp3) is 0.407. The molecule has 28 heteroatoms. The van der Waals surface area contributed by atoms with Gasteiger partial charge in [0.2, 0.25) is 30.1 Å². The second-order valence-electron chi connectivity index (χ2n) is 11.8. The molecule has 0 saturated heterocycles. The van der Waals surface area contributed by atoms with E-state index in [0.717, 1.165) is 31.5 Å². The van der Waals surface area contributed by atoms with Gasteiger partial charge in [0.05, 0.1) is 34.5 Å². The molecule has 4 aromatic carbocycles. The summed E-state index contributed by atoms with van der Waals surface area (Å²) >= 11 is 0. The normalized spacial score (nSPS) is 14.1. The molecule has 0 unspecified atom stereocenters. The molecule has 0 saturated carbocycles. The molecule has 0 aliphatic heterocycles. The Morgan fingerprint density at radius 3 is 1.15 bits per heavy atom. The molecule has 0 aromatic heterocycles. The number of phosphoric ester groups is 3. The first-order chi connectivity index (χ1) is 25.1. The van der Waals surface area contributed by atoms with E-state index < -0.39 is 103 Å². The third-order valence-corrected chi connectivity index (χ3v) is 15.5. The zero-order chi connectivity index (χ0) is 41.5. The minimum absolute atomic E-state index is 0.00204. The van der Waals surface area contributed by atoms with Crippen LogP contribution in [-0.2, 0) is 57.3 Å². The molecule has 22 nitrogen and oxygen atoms in total. The van der Waals surface area contributed by atoms with E-state index in [4.69, 9.17) is 29.4 Å². The van der Waals surface area contributed by atoms with Crippen LogP contribution in [0.5, 0.6) is 0 Å². The average Bonchev–Trinajstić information content (AvgIpc) is 3.05. The minimum atomic E-state index is -5.00. The minimum Gasteiger partial charge on any atom is -0.385 e. The van der Waals surface area contributed by atoms with Crippen molar-refractivity contribution in [2.24, 2.45) is 0 Å². The molecule has 0 fully saturated rings. The second-order valence-corrected chi connectivity index (χ2v) is 21.6. The lowest BCUT2D eigenvalue weighted by Crippen LogP contribution is -2.32. The highest BCUT2D eigenvalue weighted by Crippen LogP contribution is 2.46. The first-order valence-corrected chi connectivity index (χ1v) is 24.6. The largest absolute Gasteiger partial charge is 0.469 e. The lowest BCUT2D eigenvalue weighted by molar-refractivity contribution is 0.187. The van der Waals surface area contributed by atoms with E-state index in [-0.39, 0.29) is 44.1 Å². The fourth-order valence-electron chi connectivity index (χ4n) is 5.60. The van der Waals surface area contributed by atoms with Gasteiger partial charge in [-0.15, -0.1) is 0 Å². The molecule has 4 aromatic rings. The Kier molecular flexibility index (Phi) is 13.7. The molecule has 0 atom stereocenters. The molecular weight excluding hydrogens is 857 g/mol. The number of likely N-dealkylation sites (N-methyl/N-ethyl adjacent to an activating group) is 3. The molecule has 0 aliphatic rings. The highest BCUT2D eigenvalue weighted by molar-refractivity contribution is 7.90. The van der Waals surface area contributed by atoms with Crippen molar-refractivity contribution in [2.75, 3.05) is 72.5 Å². The van der Waals surface area contributed by atoms with Crippen molar-refractivity contribution >= 4 is 91.5 Å². The smallest absolute Gasteiger partial charge is 0.385 e. The van der Waals surface area contributed by atoms with Gasteiger partial charge in [0.25, 0.3) is 0 Å². The van der Waals surface area contributed by atoms with Crippen LogP contribution in [0.1, 0.15) is 6.92 Å². The molecular formula is C27H39N4O18P3S3. The number of nitrogens with zero attached hydrogens (tertiary/aromatic N) is 3. The summed E-state index contributed by atoms with van der Waals surface area (Å²) in [6.07, 6.45) is 0. The molecule has 0 amide bonds. The monoisotopic (exact) mass is 896 g/mol. The van der Waals surface area contributed by atoms with Crippen molar-refractivity contribution in [2.45, 2.75) is 21.6 Å². The molecule has 308 valence electrons. The number of benzene rings is 4. The Balaban J connectivity index is 2.08. The van der Waals surface area contributed by atoms with E-state index in [1.807, 2.05) is 0 Å². The van der Waals surface area contributed by atoms with Gasteiger partial charge in [-0.05, 0) is 19.1 Å². The van der Waals surface area contributed by atoms with Gasteiger partial charge in [0.1, 0.15) is 0 Å². The van der Waals surface area contributed by atoms with Crippen molar-refractivity contribution in [1.29, 1.82) is 0 Å². The molecule has 0 aliphatic carbocycles. The van der Waals surface area contributed by atoms with Crippen LogP contribution in [-0.4, -0.2) is 135 Å². The molecule has 7 N–H and O–H groups in total. The van der Waals surface area contributed by atoms with Crippen molar-refractivity contribution in [1.82, 2.24) is 12.9 Å². The standard InChI is InChI=1S/C27H39N4O18P3S3/c1-5-28-22-16-23(53(41,42)29(2)10-13-47-50(32,33)34)19-8-9-21-25(55(45,46)31(4)12-15-49-52(38,39)40)17-24(20-7-6-18(22)26(19)27(20)21)54(43,44)30(3)11-14-48-51(35,36)37/h6-9,16-17,28H,5,10-15H2,1-4H3,(H2,32,33,34)(H2,35,36,37)(H2,38,39,40). The fourth-order valence-corrected chi connectivity index (χ4v) is 10.7. The Labute approximate surface area is 315 Å². The van der Waals surface area contributed by atoms with Gasteiger partial charge in [-0.3, -0.25) is 13.6 Å². The summed E-state index contributed by atoms with van der Waals surface area (Å²) in [5.74, 6) is 0. The Hall–Kier alpha value is -2.22. The van der Waals surface area contributed by atoms with Gasteiger partial charge in [-0.1, -0.05) is 24.3 Å². The molecule has 4 rings (SSSR count). The molecule has 55 heavy (non-hydrogen) atoms. The van der Waals surface area contributed by atoms with E-state index in [1.54, 1.807) is 6.92 Å². The number of phosphoric acid groups is 3. The van der Waals surface area contributed by atoms with E-state index >= 15 is 0 Å². The summed E-state index contributed by atoms with van der Waals surface area (Å²) in [4.78, 5) is 52.9. The first-order valence-electron chi connectivity index (χ1n) is 15.6. The molecule has 0 heterocycles. The zero-order valence-electron chi connectivity index (χ0n) is 29.4. The summed E-state index contributed by atoms with van der Waals surface area (Å²) in [7, 11) is -25.7. The summed E-state index contributed by atoms with van der Waals surface area (Å²) in [6.45, 7) is -1.97. The first kappa shape index (κ1) is 45.5. The molecule has 0 spiro atoms. The number of nitrogens with one attached hydrogen (secondary N) is 1. The van der Waals surface area contributed by atoms with Gasteiger partial charge in [-0.2, -0.15) is 12.9 Å². The number of hydrogen-bond donors (Lipinski definition) is 7. The van der Waals surface area contributed by atoms with Crippen LogP contribution in [0.25, 0.3) is 32.3 Å². The van der Waals surface area contributed by atoms with Gasteiger partial charge in [-0.25, -0.2) is 38.9 Å². The van der Waals surface area contributed by atoms with Crippen LogP contribution in [0.4, 0.5) is 5.69 Å². The Morgan fingerprint density at radius 2 is 0.836 bits per heavy atom. The number of sulfonamides is 3. The predicted molar refractivity (Wildman–Crippen MR) is 198 cm³/mol. The van der Waals surface area contributed by atoms with E-state index in [9.17, 15) is 38.9 Å². The lowest BCUT2D eigenvalue weighted by atomic mass is 9.93. The van der Waals surface area contributed by atoms with Crippen LogP contribution < -0.4 is 5.32 Å². The van der Waals surface area contributed by atoms with Crippen LogP contribution in [0, 0.1) is 0 Å². The van der Waals surface area contributed by atoms with Crippen molar-refractivity contribution in [3.63, 3.8) is 0 Å². The molecule has 0 radical (unpaired) electrons. The Morgan fingerprint density at radius 1 is 0.545 bits per heavy atom. The van der Waals surface area contributed by atoms with Crippen LogP contribution >= 0.6 is 23.5 Å². The zero-order valence-corrected chi connectivity index (χ0v) is 34.5. The maximum Gasteiger partial charge on any atom is 0.469 e. The lowest BCUT2D eigenvalue weighted by Gasteiger charge is -2.25. The SMILES string of the molecule is CCNc1cc(S(=O)(=O)N(C)CCOP(=O)(O)O)c2ccc3c(S(=O)(=O)N(C)CCOP(=O)(O)O)cc(S(=O)(=O)N(C)CCOP(=O)(O)O)c4ccc1c2c43. The van der Waals surface area contributed by atoms with Gasteiger partial charge < -0.3 is 34.7 Å². The van der Waals surface area contributed by atoms with E-state index in [1.165, 1.54) is 30.3 Å². The molecule has 0 bridgehead atoms. The number of anilines is 1. The topological polar surface area (TPSA) is 324 Å². The highest BCUT2D eigenvalue weighted by Gasteiger charge is 2.34. The summed E-state index contributed by atoms with van der Waals surface area (Å²) < 4.78 is 134. The summed E-state index contributed by atoms with van der Waals surface area (Å²) in [5.41, 5.74) is 0.235. The number of hydrogen-bond acceptors (Lipinski definition) is 13. The van der Waals surface area contributed by atoms with Gasteiger partial charge in [0, 0.05) is 85.3 Å².